The van der Waals surface area contributed by atoms with Crippen LogP contribution in [0, 0.1) is 11.8 Å². The van der Waals surface area contributed by atoms with Crippen molar-refractivity contribution in [3.05, 3.63) is 29.3 Å². The fourth-order valence-corrected chi connectivity index (χ4v) is 4.44. The first-order chi connectivity index (χ1) is 9.85. The van der Waals surface area contributed by atoms with Gasteiger partial charge in [-0.25, -0.2) is 0 Å². The molecule has 1 aliphatic carbocycles. The van der Waals surface area contributed by atoms with E-state index in [9.17, 15) is 0 Å². The van der Waals surface area contributed by atoms with Crippen molar-refractivity contribution in [1.29, 1.82) is 0 Å². The SMILES string of the molecule is NCC(c1ccc2c(c1)CCO2)N1CC2CCCC2C1. The molecule has 1 saturated heterocycles. The minimum Gasteiger partial charge on any atom is -0.493 e. The molecule has 2 heterocycles. The molecular weight excluding hydrogens is 248 g/mol. The van der Waals surface area contributed by atoms with E-state index in [1.165, 1.54) is 43.5 Å². The minimum absolute atomic E-state index is 0.395. The normalized spacial score (nSPS) is 30.1. The van der Waals surface area contributed by atoms with Gasteiger partial charge >= 0.3 is 0 Å². The fraction of sp³-hybridized carbons (Fsp3) is 0.647. The van der Waals surface area contributed by atoms with Crippen molar-refractivity contribution < 1.29 is 4.74 Å². The highest BCUT2D eigenvalue weighted by Gasteiger charge is 2.38. The molecule has 1 saturated carbocycles. The summed E-state index contributed by atoms with van der Waals surface area (Å²) in [5.74, 6) is 2.94. The van der Waals surface area contributed by atoms with Crippen molar-refractivity contribution in [3.8, 4) is 5.75 Å². The molecule has 1 aromatic carbocycles. The zero-order valence-corrected chi connectivity index (χ0v) is 12.1. The van der Waals surface area contributed by atoms with Gasteiger partial charge in [-0.15, -0.1) is 0 Å². The number of nitrogens with zero attached hydrogens (tertiary/aromatic N) is 1. The summed E-state index contributed by atoms with van der Waals surface area (Å²) in [7, 11) is 0. The summed E-state index contributed by atoms with van der Waals surface area (Å²) in [6.45, 7) is 4.05. The Hall–Kier alpha value is -1.06. The molecule has 2 aliphatic heterocycles. The summed E-state index contributed by atoms with van der Waals surface area (Å²) in [5.41, 5.74) is 8.85. The number of fused-ring (bicyclic) bond motifs is 2. The van der Waals surface area contributed by atoms with Crippen LogP contribution in [0.3, 0.4) is 0 Å². The molecule has 3 unspecified atom stereocenters. The highest BCUT2D eigenvalue weighted by Crippen LogP contribution is 2.41. The second kappa shape index (κ2) is 5.05. The molecule has 108 valence electrons. The maximum Gasteiger partial charge on any atom is 0.122 e. The summed E-state index contributed by atoms with van der Waals surface area (Å²) in [5, 5.41) is 0. The average molecular weight is 272 g/mol. The number of hydrogen-bond donors (Lipinski definition) is 1. The lowest BCUT2D eigenvalue weighted by molar-refractivity contribution is 0.231. The van der Waals surface area contributed by atoms with Crippen LogP contribution < -0.4 is 10.5 Å². The van der Waals surface area contributed by atoms with Crippen LogP contribution in [-0.2, 0) is 6.42 Å². The molecule has 2 fully saturated rings. The number of ether oxygens (including phenoxy) is 1. The van der Waals surface area contributed by atoms with E-state index in [0.29, 0.717) is 6.04 Å². The van der Waals surface area contributed by atoms with Gasteiger partial charge < -0.3 is 10.5 Å². The standard InChI is InChI=1S/C17H24N2O/c18-9-16(19-10-14-2-1-3-15(14)11-19)12-4-5-17-13(8-12)6-7-20-17/h4-5,8,14-16H,1-3,6-7,9-11,18H2. The molecule has 3 atom stereocenters. The van der Waals surface area contributed by atoms with Crippen LogP contribution in [0.25, 0.3) is 0 Å². The molecule has 3 nitrogen and oxygen atoms in total. The molecule has 20 heavy (non-hydrogen) atoms. The van der Waals surface area contributed by atoms with Crippen LogP contribution in [0.2, 0.25) is 0 Å². The monoisotopic (exact) mass is 272 g/mol. The summed E-state index contributed by atoms with van der Waals surface area (Å²) < 4.78 is 5.61. The number of rotatable bonds is 3. The smallest absolute Gasteiger partial charge is 0.122 e. The van der Waals surface area contributed by atoms with Crippen LogP contribution >= 0.6 is 0 Å². The van der Waals surface area contributed by atoms with E-state index in [-0.39, 0.29) is 0 Å². The third-order valence-electron chi connectivity index (χ3n) is 5.52. The van der Waals surface area contributed by atoms with Gasteiger partial charge in [0.1, 0.15) is 5.75 Å². The predicted molar refractivity (Wildman–Crippen MR) is 79.8 cm³/mol. The quantitative estimate of drug-likeness (QED) is 0.918. The van der Waals surface area contributed by atoms with Crippen LogP contribution in [0.15, 0.2) is 18.2 Å². The zero-order chi connectivity index (χ0) is 13.5. The number of benzene rings is 1. The van der Waals surface area contributed by atoms with E-state index in [1.54, 1.807) is 0 Å². The second-order valence-corrected chi connectivity index (χ2v) is 6.62. The Kier molecular flexibility index (Phi) is 3.20. The van der Waals surface area contributed by atoms with Gasteiger partial charge in [-0.05, 0) is 41.9 Å². The van der Waals surface area contributed by atoms with E-state index in [4.69, 9.17) is 10.5 Å². The van der Waals surface area contributed by atoms with Gasteiger partial charge in [0.05, 0.1) is 6.61 Å². The molecular formula is C17H24N2O. The highest BCUT2D eigenvalue weighted by atomic mass is 16.5. The fourth-order valence-electron chi connectivity index (χ4n) is 4.44. The van der Waals surface area contributed by atoms with E-state index in [2.05, 4.69) is 23.1 Å². The van der Waals surface area contributed by atoms with Crippen LogP contribution in [0.4, 0.5) is 0 Å². The molecule has 3 heteroatoms. The third kappa shape index (κ3) is 2.04. The second-order valence-electron chi connectivity index (χ2n) is 6.62. The van der Waals surface area contributed by atoms with Crippen LogP contribution in [0.1, 0.15) is 36.4 Å². The lowest BCUT2D eigenvalue weighted by Gasteiger charge is -2.28. The van der Waals surface area contributed by atoms with E-state index in [1.807, 2.05) is 0 Å². The molecule has 2 N–H and O–H groups in total. The summed E-state index contributed by atoms with van der Waals surface area (Å²) in [6.07, 6.45) is 5.34. The van der Waals surface area contributed by atoms with Gasteiger partial charge in [0.25, 0.3) is 0 Å². The zero-order valence-electron chi connectivity index (χ0n) is 12.1. The Balaban J connectivity index is 1.56. The van der Waals surface area contributed by atoms with Crippen molar-refractivity contribution >= 4 is 0 Å². The Morgan fingerprint density at radius 1 is 1.25 bits per heavy atom. The van der Waals surface area contributed by atoms with Crippen molar-refractivity contribution in [2.24, 2.45) is 17.6 Å². The molecule has 4 rings (SSSR count). The van der Waals surface area contributed by atoms with E-state index >= 15 is 0 Å². The summed E-state index contributed by atoms with van der Waals surface area (Å²) in [6, 6.07) is 7.08. The first-order valence-electron chi connectivity index (χ1n) is 8.05. The van der Waals surface area contributed by atoms with Crippen LogP contribution in [-0.4, -0.2) is 31.1 Å². The Morgan fingerprint density at radius 2 is 2.05 bits per heavy atom. The molecule has 0 spiro atoms. The highest BCUT2D eigenvalue weighted by molar-refractivity contribution is 5.41. The number of nitrogens with two attached hydrogens (primary N) is 1. The third-order valence-corrected chi connectivity index (χ3v) is 5.52. The predicted octanol–water partition coefficient (Wildman–Crippen LogP) is 2.35. The van der Waals surface area contributed by atoms with Gasteiger partial charge in [-0.2, -0.15) is 0 Å². The lowest BCUT2D eigenvalue weighted by Crippen LogP contribution is -2.32. The first kappa shape index (κ1) is 12.7. The summed E-state index contributed by atoms with van der Waals surface area (Å²) >= 11 is 0. The Bertz CT molecular complexity index is 490. The van der Waals surface area contributed by atoms with Gasteiger partial charge in [0.2, 0.25) is 0 Å². The maximum atomic E-state index is 6.11. The van der Waals surface area contributed by atoms with Crippen molar-refractivity contribution in [3.63, 3.8) is 0 Å². The van der Waals surface area contributed by atoms with Crippen LogP contribution in [0.5, 0.6) is 5.75 Å². The van der Waals surface area contributed by atoms with Crippen molar-refractivity contribution in [2.75, 3.05) is 26.2 Å². The molecule has 3 aliphatic rings. The van der Waals surface area contributed by atoms with E-state index in [0.717, 1.165) is 37.2 Å². The first-order valence-corrected chi connectivity index (χ1v) is 8.05. The van der Waals surface area contributed by atoms with Gasteiger partial charge in [0.15, 0.2) is 0 Å². The topological polar surface area (TPSA) is 38.5 Å². The molecule has 0 aromatic heterocycles. The van der Waals surface area contributed by atoms with Crippen molar-refractivity contribution in [1.82, 2.24) is 4.90 Å². The average Bonchev–Trinajstić information content (AvgIpc) is 3.13. The van der Waals surface area contributed by atoms with Gasteiger partial charge in [-0.3, -0.25) is 4.90 Å². The largest absolute Gasteiger partial charge is 0.493 e. The Labute approximate surface area is 121 Å². The van der Waals surface area contributed by atoms with Crippen molar-refractivity contribution in [2.45, 2.75) is 31.7 Å². The van der Waals surface area contributed by atoms with E-state index < -0.39 is 0 Å². The summed E-state index contributed by atoms with van der Waals surface area (Å²) in [4.78, 5) is 2.63. The Morgan fingerprint density at radius 3 is 2.80 bits per heavy atom. The number of hydrogen-bond acceptors (Lipinski definition) is 3. The van der Waals surface area contributed by atoms with Gasteiger partial charge in [0, 0.05) is 32.1 Å². The molecule has 1 aromatic rings. The maximum absolute atomic E-state index is 6.11. The molecule has 0 bridgehead atoms. The lowest BCUT2D eigenvalue weighted by atomic mass is 10.0. The molecule has 0 radical (unpaired) electrons. The number of likely N-dealkylation sites (tertiary alicyclic amines) is 1. The molecule has 0 amide bonds. The minimum atomic E-state index is 0.395. The van der Waals surface area contributed by atoms with Gasteiger partial charge in [-0.1, -0.05) is 18.6 Å².